The lowest BCUT2D eigenvalue weighted by Crippen LogP contribution is -2.46. The highest BCUT2D eigenvalue weighted by Gasteiger charge is 2.33. The van der Waals surface area contributed by atoms with Crippen molar-refractivity contribution in [3.05, 3.63) is 23.8 Å². The zero-order valence-electron chi connectivity index (χ0n) is 19.3. The Bertz CT molecular complexity index is 858. The second-order valence-electron chi connectivity index (χ2n) is 7.83. The zero-order valence-corrected chi connectivity index (χ0v) is 20.2. The fourth-order valence-corrected chi connectivity index (χ4v) is 5.38. The molecule has 0 atom stereocenters. The van der Waals surface area contributed by atoms with E-state index < -0.39 is 16.0 Å². The first-order valence-corrected chi connectivity index (χ1v) is 12.4. The lowest BCUT2D eigenvalue weighted by Gasteiger charge is -2.33. The van der Waals surface area contributed by atoms with Gasteiger partial charge < -0.3 is 19.1 Å². The van der Waals surface area contributed by atoms with Crippen molar-refractivity contribution in [3.8, 4) is 11.5 Å². The third-order valence-corrected chi connectivity index (χ3v) is 7.55. The highest BCUT2D eigenvalue weighted by Crippen LogP contribution is 2.26. The van der Waals surface area contributed by atoms with Crippen molar-refractivity contribution < 1.29 is 32.2 Å². The second kappa shape index (κ2) is 12.1. The van der Waals surface area contributed by atoms with Crippen molar-refractivity contribution in [1.82, 2.24) is 9.21 Å². The summed E-state index contributed by atoms with van der Waals surface area (Å²) in [6, 6.07) is 5.29. The van der Waals surface area contributed by atoms with E-state index in [1.807, 2.05) is 6.92 Å². The second-order valence-corrected chi connectivity index (χ2v) is 9.92. The predicted octanol–water partition coefficient (Wildman–Crippen LogP) is 2.05. The van der Waals surface area contributed by atoms with Crippen LogP contribution in [-0.2, 0) is 30.9 Å². The summed E-state index contributed by atoms with van der Waals surface area (Å²) in [5.74, 6) is 0.222. The van der Waals surface area contributed by atoms with Gasteiger partial charge in [0.2, 0.25) is 15.9 Å². The van der Waals surface area contributed by atoms with Crippen molar-refractivity contribution in [3.63, 3.8) is 0 Å². The molecule has 0 spiro atoms. The quantitative estimate of drug-likeness (QED) is 0.456. The minimum Gasteiger partial charge on any atom is -0.497 e. The molecule has 0 radical (unpaired) electrons. The molecule has 1 saturated heterocycles. The van der Waals surface area contributed by atoms with Crippen LogP contribution in [0.2, 0.25) is 0 Å². The number of benzene rings is 1. The van der Waals surface area contributed by atoms with E-state index in [0.29, 0.717) is 43.9 Å². The van der Waals surface area contributed by atoms with Crippen molar-refractivity contribution in [2.75, 3.05) is 46.7 Å². The largest absolute Gasteiger partial charge is 0.497 e. The normalized spacial score (nSPS) is 15.2. The average Bonchev–Trinajstić information content (AvgIpc) is 2.81. The Kier molecular flexibility index (Phi) is 9.77. The molecule has 2 rings (SSSR count). The number of rotatable bonds is 11. The maximum absolute atomic E-state index is 13.3. The van der Waals surface area contributed by atoms with E-state index in [0.717, 1.165) is 12.0 Å². The molecule has 0 saturated carbocycles. The number of sulfonamides is 1. The van der Waals surface area contributed by atoms with E-state index in [1.54, 1.807) is 18.2 Å². The Morgan fingerprint density at radius 1 is 1.06 bits per heavy atom. The number of piperidine rings is 1. The summed E-state index contributed by atoms with van der Waals surface area (Å²) < 4.78 is 41.7. The first-order chi connectivity index (χ1) is 15.2. The molecule has 9 nitrogen and oxygen atoms in total. The number of nitrogens with zero attached hydrogens (tertiary/aromatic N) is 2. The van der Waals surface area contributed by atoms with Crippen LogP contribution in [0.3, 0.4) is 0 Å². The summed E-state index contributed by atoms with van der Waals surface area (Å²) in [4.78, 5) is 26.7. The van der Waals surface area contributed by atoms with Gasteiger partial charge in [0.25, 0.3) is 0 Å². The zero-order chi connectivity index (χ0) is 23.7. The van der Waals surface area contributed by atoms with Crippen molar-refractivity contribution >= 4 is 21.9 Å². The smallest absolute Gasteiger partial charge is 0.325 e. The van der Waals surface area contributed by atoms with Gasteiger partial charge in [0, 0.05) is 31.6 Å². The molecule has 1 aromatic rings. The maximum Gasteiger partial charge on any atom is 0.325 e. The van der Waals surface area contributed by atoms with E-state index in [2.05, 4.69) is 0 Å². The third-order valence-electron chi connectivity index (χ3n) is 5.60. The van der Waals surface area contributed by atoms with Crippen molar-refractivity contribution in [2.45, 2.75) is 39.2 Å². The van der Waals surface area contributed by atoms with Gasteiger partial charge in [0.05, 0.1) is 27.1 Å². The highest BCUT2D eigenvalue weighted by molar-refractivity contribution is 7.89. The van der Waals surface area contributed by atoms with Gasteiger partial charge in [0.15, 0.2) is 0 Å². The third kappa shape index (κ3) is 7.09. The predicted molar refractivity (Wildman–Crippen MR) is 120 cm³/mol. The number of esters is 1. The molecule has 1 aliphatic heterocycles. The summed E-state index contributed by atoms with van der Waals surface area (Å²) in [5.41, 5.74) is 0.748. The molecule has 32 heavy (non-hydrogen) atoms. The van der Waals surface area contributed by atoms with Crippen LogP contribution in [-0.4, -0.2) is 76.2 Å². The standard InChI is InChI=1S/C22H34N2O7S/c1-5-6-11-32(27,28)24-9-7-18(8-10-24)22(26)23(16-21(25)31-4)15-17-12-19(29-2)14-20(13-17)30-3/h12-14,18H,5-11,15-16H2,1-4H3. The van der Waals surface area contributed by atoms with Crippen LogP contribution in [0.5, 0.6) is 11.5 Å². The summed E-state index contributed by atoms with van der Waals surface area (Å²) >= 11 is 0. The number of ether oxygens (including phenoxy) is 3. The van der Waals surface area contributed by atoms with Crippen LogP contribution in [0, 0.1) is 5.92 Å². The molecular weight excluding hydrogens is 436 g/mol. The average molecular weight is 471 g/mol. The molecule has 0 aliphatic carbocycles. The fourth-order valence-electron chi connectivity index (χ4n) is 3.71. The Hall–Kier alpha value is -2.33. The summed E-state index contributed by atoms with van der Waals surface area (Å²) in [5, 5.41) is 0. The lowest BCUT2D eigenvalue weighted by molar-refractivity contribution is -0.149. The number of hydrogen-bond acceptors (Lipinski definition) is 7. The van der Waals surface area contributed by atoms with E-state index in [1.165, 1.54) is 30.5 Å². The van der Waals surface area contributed by atoms with Gasteiger partial charge in [-0.25, -0.2) is 12.7 Å². The lowest BCUT2D eigenvalue weighted by atomic mass is 9.96. The molecule has 1 fully saturated rings. The molecule has 1 heterocycles. The molecule has 1 aliphatic rings. The minimum absolute atomic E-state index is 0.133. The van der Waals surface area contributed by atoms with E-state index in [4.69, 9.17) is 14.2 Å². The summed E-state index contributed by atoms with van der Waals surface area (Å²) in [7, 11) is 1.06. The van der Waals surface area contributed by atoms with Crippen LogP contribution in [0.4, 0.5) is 0 Å². The summed E-state index contributed by atoms with van der Waals surface area (Å²) in [6.07, 6.45) is 2.27. The molecule has 180 valence electrons. The Morgan fingerprint density at radius 3 is 2.16 bits per heavy atom. The number of hydrogen-bond donors (Lipinski definition) is 0. The van der Waals surface area contributed by atoms with Gasteiger partial charge in [-0.3, -0.25) is 9.59 Å². The SMILES string of the molecule is CCCCS(=O)(=O)N1CCC(C(=O)N(CC(=O)OC)Cc2cc(OC)cc(OC)c2)CC1. The fraction of sp³-hybridized carbons (Fsp3) is 0.636. The number of carbonyl (C=O) groups excluding carboxylic acids is 2. The molecule has 1 amide bonds. The number of amides is 1. The maximum atomic E-state index is 13.3. The highest BCUT2D eigenvalue weighted by atomic mass is 32.2. The van der Waals surface area contributed by atoms with Gasteiger partial charge >= 0.3 is 5.97 Å². The molecule has 0 N–H and O–H groups in total. The first-order valence-electron chi connectivity index (χ1n) is 10.8. The molecular formula is C22H34N2O7S. The minimum atomic E-state index is -3.30. The Labute approximate surface area is 190 Å². The van der Waals surface area contributed by atoms with Crippen LogP contribution in [0.15, 0.2) is 18.2 Å². The van der Waals surface area contributed by atoms with Gasteiger partial charge in [0.1, 0.15) is 18.0 Å². The number of carbonyl (C=O) groups is 2. The number of methoxy groups -OCH3 is 3. The molecule has 10 heteroatoms. The van der Waals surface area contributed by atoms with Crippen molar-refractivity contribution in [2.24, 2.45) is 5.92 Å². The molecule has 0 aromatic heterocycles. The first kappa shape index (κ1) is 25.9. The molecule has 0 unspecified atom stereocenters. The number of unbranched alkanes of at least 4 members (excludes halogenated alkanes) is 1. The van der Waals surface area contributed by atoms with Gasteiger partial charge in [-0.1, -0.05) is 13.3 Å². The van der Waals surface area contributed by atoms with E-state index >= 15 is 0 Å². The summed E-state index contributed by atoms with van der Waals surface area (Å²) in [6.45, 7) is 2.55. The van der Waals surface area contributed by atoms with E-state index in [9.17, 15) is 18.0 Å². The molecule has 0 bridgehead atoms. The van der Waals surface area contributed by atoms with E-state index in [-0.39, 0.29) is 30.7 Å². The van der Waals surface area contributed by atoms with Gasteiger partial charge in [-0.05, 0) is 37.0 Å². The Morgan fingerprint density at radius 2 is 1.66 bits per heavy atom. The van der Waals surface area contributed by atoms with Crippen LogP contribution >= 0.6 is 0 Å². The molecule has 1 aromatic carbocycles. The van der Waals surface area contributed by atoms with Crippen LogP contribution in [0.1, 0.15) is 38.2 Å². The Balaban J connectivity index is 2.13. The van der Waals surface area contributed by atoms with Crippen LogP contribution in [0.25, 0.3) is 0 Å². The van der Waals surface area contributed by atoms with Crippen molar-refractivity contribution in [1.29, 1.82) is 0 Å². The topological polar surface area (TPSA) is 102 Å². The van der Waals surface area contributed by atoms with Crippen LogP contribution < -0.4 is 9.47 Å². The monoisotopic (exact) mass is 470 g/mol. The van der Waals surface area contributed by atoms with Gasteiger partial charge in [-0.15, -0.1) is 0 Å². The van der Waals surface area contributed by atoms with Gasteiger partial charge in [-0.2, -0.15) is 0 Å².